The monoisotopic (exact) mass is 579 g/mol. The quantitative estimate of drug-likeness (QED) is 0.366. The second kappa shape index (κ2) is 13.8. The fourth-order valence-electron chi connectivity index (χ4n) is 3.74. The van der Waals surface area contributed by atoms with Crippen LogP contribution in [0.1, 0.15) is 58.1 Å². The van der Waals surface area contributed by atoms with Crippen LogP contribution >= 0.6 is 15.9 Å². The summed E-state index contributed by atoms with van der Waals surface area (Å²) >= 11 is 3.42. The van der Waals surface area contributed by atoms with E-state index in [1.807, 2.05) is 57.2 Å². The Labute approximate surface area is 224 Å². The minimum atomic E-state index is -3.51. The van der Waals surface area contributed by atoms with E-state index in [-0.39, 0.29) is 37.4 Å². The molecule has 2 aromatic rings. The highest BCUT2D eigenvalue weighted by Crippen LogP contribution is 2.20. The van der Waals surface area contributed by atoms with Crippen LogP contribution in [-0.2, 0) is 32.6 Å². The van der Waals surface area contributed by atoms with Crippen molar-refractivity contribution in [1.82, 2.24) is 10.2 Å². The molecule has 1 N–H and O–H groups in total. The van der Waals surface area contributed by atoms with E-state index in [4.69, 9.17) is 0 Å². The molecule has 0 heterocycles. The summed E-state index contributed by atoms with van der Waals surface area (Å²) in [4.78, 5) is 27.8. The van der Waals surface area contributed by atoms with Gasteiger partial charge < -0.3 is 10.2 Å². The van der Waals surface area contributed by atoms with Gasteiger partial charge in [0.05, 0.1) is 11.9 Å². The summed E-state index contributed by atoms with van der Waals surface area (Å²) in [5.41, 5.74) is 2.61. The summed E-state index contributed by atoms with van der Waals surface area (Å²) in [6.07, 6.45) is 3.28. The number of nitrogens with zero attached hydrogens (tertiary/aromatic N) is 2. The SMILES string of the molecule is CCc1ccc(N(CCCC(=O)N(Cc2ccc(Br)cc2)[C@H](C)C(=O)N[C@H](C)CC)S(C)(=O)=O)cc1. The van der Waals surface area contributed by atoms with Gasteiger partial charge in [-0.15, -0.1) is 0 Å². The van der Waals surface area contributed by atoms with Gasteiger partial charge in [0.15, 0.2) is 0 Å². The predicted molar refractivity (Wildman–Crippen MR) is 149 cm³/mol. The van der Waals surface area contributed by atoms with E-state index in [1.165, 1.54) is 10.6 Å². The minimum Gasteiger partial charge on any atom is -0.352 e. The van der Waals surface area contributed by atoms with E-state index >= 15 is 0 Å². The van der Waals surface area contributed by atoms with Crippen molar-refractivity contribution in [2.45, 2.75) is 72.0 Å². The Balaban J connectivity index is 2.16. The zero-order valence-corrected chi connectivity index (χ0v) is 24.2. The summed E-state index contributed by atoms with van der Waals surface area (Å²) in [6.45, 7) is 8.15. The molecule has 0 aliphatic rings. The second-order valence-electron chi connectivity index (χ2n) is 9.10. The maximum Gasteiger partial charge on any atom is 0.242 e. The molecule has 198 valence electrons. The van der Waals surface area contributed by atoms with Crippen molar-refractivity contribution in [1.29, 1.82) is 0 Å². The van der Waals surface area contributed by atoms with Crippen molar-refractivity contribution in [2.75, 3.05) is 17.1 Å². The van der Waals surface area contributed by atoms with Crippen molar-refractivity contribution in [3.8, 4) is 0 Å². The molecule has 36 heavy (non-hydrogen) atoms. The van der Waals surface area contributed by atoms with E-state index < -0.39 is 16.1 Å². The van der Waals surface area contributed by atoms with Gasteiger partial charge >= 0.3 is 0 Å². The zero-order valence-electron chi connectivity index (χ0n) is 21.8. The Morgan fingerprint density at radius 3 is 2.08 bits per heavy atom. The highest BCUT2D eigenvalue weighted by molar-refractivity contribution is 9.10. The Kier molecular flexibility index (Phi) is 11.4. The zero-order chi connectivity index (χ0) is 26.9. The van der Waals surface area contributed by atoms with Crippen LogP contribution in [0.25, 0.3) is 0 Å². The number of carbonyl (C=O) groups is 2. The van der Waals surface area contributed by atoms with Gasteiger partial charge in [-0.05, 0) is 68.5 Å². The van der Waals surface area contributed by atoms with E-state index in [2.05, 4.69) is 21.2 Å². The summed E-state index contributed by atoms with van der Waals surface area (Å²) in [5, 5.41) is 2.96. The smallest absolute Gasteiger partial charge is 0.242 e. The van der Waals surface area contributed by atoms with E-state index in [1.54, 1.807) is 24.0 Å². The number of benzene rings is 2. The Morgan fingerprint density at radius 2 is 1.56 bits per heavy atom. The van der Waals surface area contributed by atoms with Crippen molar-refractivity contribution in [2.24, 2.45) is 0 Å². The number of hydrogen-bond donors (Lipinski definition) is 1. The lowest BCUT2D eigenvalue weighted by Crippen LogP contribution is -2.49. The third-order valence-corrected chi connectivity index (χ3v) is 7.94. The number of sulfonamides is 1. The first kappa shape index (κ1) is 29.8. The summed E-state index contributed by atoms with van der Waals surface area (Å²) in [5.74, 6) is -0.400. The molecule has 0 bridgehead atoms. The lowest BCUT2D eigenvalue weighted by molar-refractivity contribution is -0.140. The fraction of sp³-hybridized carbons (Fsp3) is 0.481. The number of nitrogens with one attached hydrogen (secondary N) is 1. The fourth-order valence-corrected chi connectivity index (χ4v) is 4.97. The van der Waals surface area contributed by atoms with Gasteiger partial charge in [0.1, 0.15) is 6.04 Å². The van der Waals surface area contributed by atoms with Crippen LogP contribution in [-0.4, -0.2) is 50.0 Å². The van der Waals surface area contributed by atoms with Crippen LogP contribution in [0, 0.1) is 0 Å². The van der Waals surface area contributed by atoms with Crippen LogP contribution < -0.4 is 9.62 Å². The van der Waals surface area contributed by atoms with Gasteiger partial charge in [-0.1, -0.05) is 54.0 Å². The predicted octanol–water partition coefficient (Wildman–Crippen LogP) is 4.89. The molecular weight excluding hydrogens is 542 g/mol. The molecule has 2 rings (SSSR count). The molecule has 2 atom stereocenters. The van der Waals surface area contributed by atoms with Gasteiger partial charge in [0.2, 0.25) is 21.8 Å². The Morgan fingerprint density at radius 1 is 0.972 bits per heavy atom. The standard InChI is InChI=1S/C27H38BrN3O4S/c1-6-20(3)29-27(33)21(4)30(19-23-10-14-24(28)15-11-23)26(32)9-8-18-31(36(5,34)35)25-16-12-22(7-2)13-17-25/h10-17,20-21H,6-9,18-19H2,1-5H3,(H,29,33)/t20-,21-/m1/s1. The minimum absolute atomic E-state index is 0.00648. The largest absolute Gasteiger partial charge is 0.352 e. The lowest BCUT2D eigenvalue weighted by atomic mass is 10.1. The third kappa shape index (κ3) is 8.92. The first-order valence-corrected chi connectivity index (χ1v) is 15.0. The number of amides is 2. The normalized spacial score (nSPS) is 13.1. The molecule has 2 amide bonds. The number of hydrogen-bond acceptors (Lipinski definition) is 4. The van der Waals surface area contributed by atoms with Gasteiger partial charge in [-0.3, -0.25) is 13.9 Å². The second-order valence-corrected chi connectivity index (χ2v) is 11.9. The third-order valence-electron chi connectivity index (χ3n) is 6.22. The Hall–Kier alpha value is -2.39. The molecule has 2 aromatic carbocycles. The first-order chi connectivity index (χ1) is 17.0. The molecule has 0 spiro atoms. The van der Waals surface area contributed by atoms with Crippen LogP contribution in [0.4, 0.5) is 5.69 Å². The molecule has 0 fully saturated rings. The number of carbonyl (C=O) groups excluding carboxylic acids is 2. The number of aryl methyl sites for hydroxylation is 1. The van der Waals surface area contributed by atoms with E-state index in [9.17, 15) is 18.0 Å². The van der Waals surface area contributed by atoms with Crippen molar-refractivity contribution in [3.05, 3.63) is 64.1 Å². The molecule has 0 saturated carbocycles. The van der Waals surface area contributed by atoms with Gasteiger partial charge in [0.25, 0.3) is 0 Å². The maximum absolute atomic E-state index is 13.3. The van der Waals surface area contributed by atoms with Crippen molar-refractivity contribution < 1.29 is 18.0 Å². The molecule has 0 saturated heterocycles. The molecular formula is C27H38BrN3O4S. The van der Waals surface area contributed by atoms with Gasteiger partial charge in [0, 0.05) is 30.0 Å². The summed E-state index contributed by atoms with van der Waals surface area (Å²) in [7, 11) is -3.51. The van der Waals surface area contributed by atoms with Crippen LogP contribution in [0.3, 0.4) is 0 Å². The first-order valence-electron chi connectivity index (χ1n) is 12.4. The highest BCUT2D eigenvalue weighted by atomic mass is 79.9. The number of rotatable bonds is 13. The lowest BCUT2D eigenvalue weighted by Gasteiger charge is -2.30. The molecule has 0 radical (unpaired) electrons. The molecule has 0 aliphatic heterocycles. The molecule has 7 nitrogen and oxygen atoms in total. The molecule has 0 unspecified atom stereocenters. The summed E-state index contributed by atoms with van der Waals surface area (Å²) < 4.78 is 27.2. The van der Waals surface area contributed by atoms with Crippen molar-refractivity contribution in [3.63, 3.8) is 0 Å². The van der Waals surface area contributed by atoms with Crippen LogP contribution in [0.2, 0.25) is 0 Å². The number of halogens is 1. The maximum atomic E-state index is 13.3. The van der Waals surface area contributed by atoms with Gasteiger partial charge in [-0.2, -0.15) is 0 Å². The molecule has 9 heteroatoms. The van der Waals surface area contributed by atoms with Crippen LogP contribution in [0.5, 0.6) is 0 Å². The highest BCUT2D eigenvalue weighted by Gasteiger charge is 2.27. The van der Waals surface area contributed by atoms with E-state index in [0.29, 0.717) is 12.1 Å². The Bertz CT molecular complexity index is 1100. The summed E-state index contributed by atoms with van der Waals surface area (Å²) in [6, 6.07) is 14.4. The van der Waals surface area contributed by atoms with Gasteiger partial charge in [-0.25, -0.2) is 8.42 Å². The van der Waals surface area contributed by atoms with Crippen LogP contribution in [0.15, 0.2) is 53.0 Å². The average Bonchev–Trinajstić information content (AvgIpc) is 2.85. The van der Waals surface area contributed by atoms with Crippen molar-refractivity contribution >= 4 is 43.5 Å². The topological polar surface area (TPSA) is 86.8 Å². The average molecular weight is 581 g/mol. The number of anilines is 1. The molecule has 0 aliphatic carbocycles. The molecule has 0 aromatic heterocycles. The van der Waals surface area contributed by atoms with E-state index in [0.717, 1.165) is 28.4 Å².